The summed E-state index contributed by atoms with van der Waals surface area (Å²) < 4.78 is 82.0. The first kappa shape index (κ1) is 25.0. The zero-order chi connectivity index (χ0) is 24.6. The van der Waals surface area contributed by atoms with Crippen molar-refractivity contribution in [3.63, 3.8) is 0 Å². The SMILES string of the molecule is O=C(NCC1(N2CCN(S(=O)(=O)C3=NCNC3)CC2)CCC(F)(F)CC1)c1ccc(F)cc1F. The summed E-state index contributed by atoms with van der Waals surface area (Å²) >= 11 is 0. The van der Waals surface area contributed by atoms with Gasteiger partial charge < -0.3 is 5.32 Å². The lowest BCUT2D eigenvalue weighted by atomic mass is 9.78. The van der Waals surface area contributed by atoms with Gasteiger partial charge in [-0.1, -0.05) is 0 Å². The van der Waals surface area contributed by atoms with E-state index in [9.17, 15) is 30.8 Å². The van der Waals surface area contributed by atoms with Gasteiger partial charge in [-0.05, 0) is 25.0 Å². The van der Waals surface area contributed by atoms with Crippen LogP contribution in [0.25, 0.3) is 0 Å². The van der Waals surface area contributed by atoms with Gasteiger partial charge in [0, 0.05) is 57.2 Å². The summed E-state index contributed by atoms with van der Waals surface area (Å²) in [5, 5.41) is 5.58. The van der Waals surface area contributed by atoms with Crippen LogP contribution in [0.4, 0.5) is 17.6 Å². The van der Waals surface area contributed by atoms with Gasteiger partial charge in [0.15, 0.2) is 5.04 Å². The third-order valence-electron chi connectivity index (χ3n) is 6.86. The van der Waals surface area contributed by atoms with Crippen molar-refractivity contribution in [2.75, 3.05) is 45.9 Å². The van der Waals surface area contributed by atoms with Gasteiger partial charge in [-0.3, -0.25) is 20.0 Å². The molecular weight excluding hydrogens is 478 g/mol. The number of hydrogen-bond acceptors (Lipinski definition) is 6. The highest BCUT2D eigenvalue weighted by atomic mass is 32.2. The molecule has 1 aromatic rings. The van der Waals surface area contributed by atoms with E-state index >= 15 is 0 Å². The van der Waals surface area contributed by atoms with E-state index in [4.69, 9.17) is 0 Å². The van der Waals surface area contributed by atoms with E-state index in [0.717, 1.165) is 12.1 Å². The van der Waals surface area contributed by atoms with Crippen LogP contribution in [0.2, 0.25) is 0 Å². The first-order valence-electron chi connectivity index (χ1n) is 11.1. The average molecular weight is 506 g/mol. The first-order valence-corrected chi connectivity index (χ1v) is 12.6. The van der Waals surface area contributed by atoms with Crippen molar-refractivity contribution in [3.8, 4) is 0 Å². The summed E-state index contributed by atoms with van der Waals surface area (Å²) in [6.45, 7) is 1.34. The number of sulfonamides is 1. The molecule has 1 aromatic carbocycles. The summed E-state index contributed by atoms with van der Waals surface area (Å²) in [6, 6.07) is 2.61. The number of halogens is 4. The molecule has 0 radical (unpaired) electrons. The second-order valence-electron chi connectivity index (χ2n) is 8.92. The second kappa shape index (κ2) is 9.51. The third kappa shape index (κ3) is 5.11. The number of amides is 1. The van der Waals surface area contributed by atoms with Crippen molar-refractivity contribution in [2.45, 2.75) is 37.1 Å². The number of nitrogens with zero attached hydrogens (tertiary/aromatic N) is 3. The molecule has 0 bridgehead atoms. The van der Waals surface area contributed by atoms with E-state index in [2.05, 4.69) is 15.6 Å². The largest absolute Gasteiger partial charge is 0.350 e. The first-order chi connectivity index (χ1) is 16.0. The van der Waals surface area contributed by atoms with Crippen LogP contribution in [0, 0.1) is 11.6 Å². The highest BCUT2D eigenvalue weighted by Gasteiger charge is 2.48. The molecule has 4 rings (SSSR count). The Morgan fingerprint density at radius 1 is 1.09 bits per heavy atom. The predicted octanol–water partition coefficient (Wildman–Crippen LogP) is 1.55. The van der Waals surface area contributed by atoms with Gasteiger partial charge in [0.25, 0.3) is 15.9 Å². The summed E-state index contributed by atoms with van der Waals surface area (Å²) in [5.74, 6) is -5.39. The zero-order valence-electron chi connectivity index (χ0n) is 18.5. The number of nitrogens with one attached hydrogen (secondary N) is 2. The second-order valence-corrected chi connectivity index (χ2v) is 10.9. The number of piperazine rings is 1. The van der Waals surface area contributed by atoms with Gasteiger partial charge >= 0.3 is 0 Å². The molecule has 0 unspecified atom stereocenters. The van der Waals surface area contributed by atoms with Crippen LogP contribution in [0.1, 0.15) is 36.0 Å². The van der Waals surface area contributed by atoms with Gasteiger partial charge in [0.1, 0.15) is 11.6 Å². The third-order valence-corrected chi connectivity index (χ3v) is 8.77. The number of alkyl halides is 2. The number of hydrogen-bond donors (Lipinski definition) is 2. The monoisotopic (exact) mass is 505 g/mol. The lowest BCUT2D eigenvalue weighted by Gasteiger charge is -2.50. The molecule has 3 aliphatic rings. The van der Waals surface area contributed by atoms with Gasteiger partial charge in [-0.2, -0.15) is 4.31 Å². The molecule has 2 N–H and O–H groups in total. The minimum Gasteiger partial charge on any atom is -0.350 e. The Bertz CT molecular complexity index is 1060. The van der Waals surface area contributed by atoms with Crippen LogP contribution >= 0.6 is 0 Å². The molecule has 1 aliphatic carbocycles. The summed E-state index contributed by atoms with van der Waals surface area (Å²) in [5.41, 5.74) is -1.16. The Hall–Kier alpha value is -2.09. The number of carbonyl (C=O) groups is 1. The van der Waals surface area contributed by atoms with E-state index in [1.807, 2.05) is 4.90 Å². The molecule has 1 amide bonds. The molecule has 2 aliphatic heterocycles. The number of carbonyl (C=O) groups excluding carboxylic acids is 1. The van der Waals surface area contributed by atoms with Crippen LogP contribution in [0.5, 0.6) is 0 Å². The maximum atomic E-state index is 14.0. The van der Waals surface area contributed by atoms with Gasteiger partial charge in [-0.25, -0.2) is 26.0 Å². The molecule has 1 saturated heterocycles. The van der Waals surface area contributed by atoms with Crippen molar-refractivity contribution < 1.29 is 30.8 Å². The average Bonchev–Trinajstić information content (AvgIpc) is 3.35. The van der Waals surface area contributed by atoms with Crippen LogP contribution in [-0.2, 0) is 10.0 Å². The van der Waals surface area contributed by atoms with E-state index in [-0.39, 0.29) is 69.1 Å². The highest BCUT2D eigenvalue weighted by molar-refractivity contribution is 8.04. The van der Waals surface area contributed by atoms with Crippen molar-refractivity contribution in [1.82, 2.24) is 19.8 Å². The van der Waals surface area contributed by atoms with Crippen LogP contribution in [0.3, 0.4) is 0 Å². The number of aliphatic imine (C=N–C) groups is 1. The minimum absolute atomic E-state index is 0.0118. The molecule has 0 atom stereocenters. The van der Waals surface area contributed by atoms with E-state index in [1.165, 1.54) is 4.31 Å². The van der Waals surface area contributed by atoms with Crippen molar-refractivity contribution in [3.05, 3.63) is 35.4 Å². The molecule has 2 heterocycles. The van der Waals surface area contributed by atoms with E-state index in [1.54, 1.807) is 0 Å². The smallest absolute Gasteiger partial charge is 0.257 e. The summed E-state index contributed by atoms with van der Waals surface area (Å²) in [6.07, 6.45) is -0.547. The van der Waals surface area contributed by atoms with Crippen LogP contribution < -0.4 is 10.6 Å². The molecule has 13 heteroatoms. The Balaban J connectivity index is 1.46. The number of benzene rings is 1. The minimum atomic E-state index is -3.69. The summed E-state index contributed by atoms with van der Waals surface area (Å²) in [4.78, 5) is 18.5. The molecule has 34 heavy (non-hydrogen) atoms. The molecule has 8 nitrogen and oxygen atoms in total. The fraction of sp³-hybridized carbons (Fsp3) is 0.619. The Labute approximate surface area is 195 Å². The lowest BCUT2D eigenvalue weighted by Crippen LogP contribution is -2.63. The van der Waals surface area contributed by atoms with Crippen molar-refractivity contribution in [1.29, 1.82) is 0 Å². The van der Waals surface area contributed by atoms with Crippen molar-refractivity contribution >= 4 is 21.0 Å². The standard InChI is InChI=1S/C21H27F4N5O3S/c22-15-1-2-16(17(23)11-15)19(31)27-13-20(3-5-21(24,25)6-4-20)29-7-9-30(10-8-29)34(32,33)18-12-26-14-28-18/h1-2,11,26H,3-10,12-14H2,(H,27,31). The van der Waals surface area contributed by atoms with Crippen LogP contribution in [0.15, 0.2) is 23.2 Å². The molecule has 2 fully saturated rings. The molecule has 0 aromatic heterocycles. The Kier molecular flexibility index (Phi) is 7.00. The topological polar surface area (TPSA) is 94.1 Å². The Morgan fingerprint density at radius 2 is 1.76 bits per heavy atom. The fourth-order valence-electron chi connectivity index (χ4n) is 4.79. The maximum absolute atomic E-state index is 14.0. The highest BCUT2D eigenvalue weighted by Crippen LogP contribution is 2.42. The van der Waals surface area contributed by atoms with Crippen LogP contribution in [-0.4, -0.2) is 86.0 Å². The zero-order valence-corrected chi connectivity index (χ0v) is 19.3. The van der Waals surface area contributed by atoms with E-state index < -0.39 is 39.0 Å². The summed E-state index contributed by atoms with van der Waals surface area (Å²) in [7, 11) is -3.69. The quantitative estimate of drug-likeness (QED) is 0.593. The van der Waals surface area contributed by atoms with Gasteiger partial charge in [0.05, 0.1) is 18.8 Å². The molecule has 0 spiro atoms. The van der Waals surface area contributed by atoms with Gasteiger partial charge in [0.2, 0.25) is 5.92 Å². The predicted molar refractivity (Wildman–Crippen MR) is 117 cm³/mol. The molecular formula is C21H27F4N5O3S. The molecule has 1 saturated carbocycles. The van der Waals surface area contributed by atoms with Gasteiger partial charge in [-0.15, -0.1) is 0 Å². The number of rotatable bonds is 5. The lowest BCUT2D eigenvalue weighted by molar-refractivity contribution is -0.0855. The molecule has 188 valence electrons. The maximum Gasteiger partial charge on any atom is 0.257 e. The normalized spacial score (nSPS) is 23.5. The van der Waals surface area contributed by atoms with Crippen molar-refractivity contribution in [2.24, 2.45) is 4.99 Å². The van der Waals surface area contributed by atoms with E-state index in [0.29, 0.717) is 19.2 Å². The Morgan fingerprint density at radius 3 is 2.35 bits per heavy atom. The fourth-order valence-corrected chi connectivity index (χ4v) is 6.24.